The molecule has 0 saturated carbocycles. The first-order chi connectivity index (χ1) is 51.0. The minimum absolute atomic E-state index is 0.220. The van der Waals surface area contributed by atoms with Crippen molar-refractivity contribution in [2.45, 2.75) is 116 Å². The number of aryl methyl sites for hydroxylation is 6. The molecule has 9 heterocycles. The van der Waals surface area contributed by atoms with Crippen molar-refractivity contribution in [3.63, 3.8) is 0 Å². The summed E-state index contributed by atoms with van der Waals surface area (Å²) in [6.07, 6.45) is 17.7. The fourth-order valence-electron chi connectivity index (χ4n) is 11.1. The summed E-state index contributed by atoms with van der Waals surface area (Å²) in [5.41, 5.74) is 13.1. The molecule has 13 rings (SSSR count). The van der Waals surface area contributed by atoms with E-state index in [1.807, 2.05) is 126 Å². The molecule has 14 nitrogen and oxygen atoms in total. The molecule has 6 aromatic heterocycles. The molecule has 0 spiro atoms. The highest BCUT2D eigenvalue weighted by Gasteiger charge is 2.09. The van der Waals surface area contributed by atoms with Gasteiger partial charge in [-0.25, -0.2) is 19.9 Å². The Kier molecular flexibility index (Phi) is 29.4. The first-order valence-corrected chi connectivity index (χ1v) is 35.7. The molecule has 0 fully saturated rings. The smallest absolute Gasteiger partial charge is 0.120 e. The monoisotopic (exact) mass is 1360 g/mol. The van der Waals surface area contributed by atoms with E-state index in [-0.39, 0.29) is 26.4 Å². The molecule has 20 bridgehead atoms. The van der Waals surface area contributed by atoms with Crippen molar-refractivity contribution in [2.75, 3.05) is 52.9 Å². The molecule has 0 unspecified atom stereocenters. The zero-order valence-electron chi connectivity index (χ0n) is 58.4. The minimum Gasteiger partial charge on any atom is -0.494 e. The molecule has 0 radical (unpaired) electrons. The number of aromatic nitrogens is 8. The van der Waals surface area contributed by atoms with Crippen LogP contribution in [0.1, 0.15) is 139 Å². The Hall–Kier alpha value is -11.8. The SMILES string of the molecule is C1#Cc2cccc(n2)-c2cccc(n2)C#CCOCC#Cc2cccc(c2)OCCCCCCn2cc(nn2)CCCCOc2cccc(c2)C#CCOCC#Cc2cccc(n2)-c2cccc(n2)C#CCCCOc2ccc(cc2)CCCc2cccc(n2)CCCc2ccc(cc2)OCCC1. The molecule has 0 aliphatic carbocycles. The number of benzene rings is 4. The third-order valence-electron chi connectivity index (χ3n) is 16.4. The maximum absolute atomic E-state index is 6.08. The molecule has 0 saturated heterocycles. The number of rotatable bonds is 0. The Labute approximate surface area is 606 Å². The molecule has 0 N–H and O–H groups in total. The van der Waals surface area contributed by atoms with E-state index in [4.69, 9.17) is 53.3 Å². The minimum atomic E-state index is 0.220. The molecule has 0 atom stereocenters. The van der Waals surface area contributed by atoms with Crippen molar-refractivity contribution < 1.29 is 28.4 Å². The second-order valence-electron chi connectivity index (χ2n) is 24.5. The van der Waals surface area contributed by atoms with Crippen molar-refractivity contribution in [1.29, 1.82) is 0 Å². The molecular weight excluding hydrogens is 1280 g/mol. The summed E-state index contributed by atoms with van der Waals surface area (Å²) in [5, 5.41) is 8.79. The molecule has 3 aliphatic heterocycles. The van der Waals surface area contributed by atoms with Crippen molar-refractivity contribution in [1.82, 2.24) is 39.9 Å². The highest BCUT2D eigenvalue weighted by atomic mass is 16.5. The molecular formula is C89H84N8O6. The van der Waals surface area contributed by atoms with Crippen molar-refractivity contribution in [3.8, 4) is 117 Å². The number of hydrogen-bond donors (Lipinski definition) is 0. The Morgan fingerprint density at radius 2 is 0.699 bits per heavy atom. The molecule has 0 amide bonds. The topological polar surface area (TPSA) is 151 Å². The second kappa shape index (κ2) is 41.7. The van der Waals surface area contributed by atoms with Gasteiger partial charge in [0.05, 0.1) is 54.9 Å². The van der Waals surface area contributed by atoms with Gasteiger partial charge in [-0.15, -0.1) is 5.10 Å². The first kappa shape index (κ1) is 72.5. The lowest BCUT2D eigenvalue weighted by Gasteiger charge is -2.08. The van der Waals surface area contributed by atoms with Crippen LogP contribution in [0.25, 0.3) is 22.8 Å². The highest BCUT2D eigenvalue weighted by molar-refractivity contribution is 5.58. The third kappa shape index (κ3) is 26.4. The van der Waals surface area contributed by atoms with Gasteiger partial charge in [-0.05, 0) is 246 Å². The third-order valence-corrected chi connectivity index (χ3v) is 16.4. The van der Waals surface area contributed by atoms with Gasteiger partial charge in [0.2, 0.25) is 0 Å². The standard InChI is InChI=1S/C89H84N8O6/c1-2-9-66-102-84-45-15-28-73(68-84)30-22-60-98-62-24-43-79-41-20-49-88(93-79)86-47-18-39-77(91-86)32-5-3-10-64-100-82-55-51-71(52-56-82)26-13-35-75-37-17-38-76(90-75)36-14-27-72-53-57-83(58-54-72)101-65-11-4-6-33-78-40-19-48-87(92-78)89-50-21-42-80(94-89)44-25-63-99-61-23-31-74-29-16-46-85(69-74)103-67-12-7-34-81-70-97(59-8-1)96-95-81/h15-21,28-29,37-42,45-58,68-70H,1-4,7-14,26-27,34-36,59-67H2. The van der Waals surface area contributed by atoms with Crippen LogP contribution in [0.2, 0.25) is 0 Å². The molecule has 14 heteroatoms. The number of hydrogen-bond acceptors (Lipinski definition) is 13. The van der Waals surface area contributed by atoms with Crippen LogP contribution in [0.4, 0.5) is 0 Å². The van der Waals surface area contributed by atoms with E-state index in [1.165, 1.54) is 11.1 Å². The van der Waals surface area contributed by atoms with Gasteiger partial charge in [-0.3, -0.25) is 9.67 Å². The van der Waals surface area contributed by atoms with E-state index in [1.54, 1.807) is 0 Å². The van der Waals surface area contributed by atoms with Gasteiger partial charge in [-0.1, -0.05) is 126 Å². The highest BCUT2D eigenvalue weighted by Crippen LogP contribution is 2.22. The summed E-state index contributed by atoms with van der Waals surface area (Å²) in [6, 6.07) is 62.0. The number of ether oxygens (including phenoxy) is 6. The summed E-state index contributed by atoms with van der Waals surface area (Å²) >= 11 is 0. The maximum atomic E-state index is 6.08. The first-order valence-electron chi connectivity index (χ1n) is 35.7. The van der Waals surface area contributed by atoms with Crippen molar-refractivity contribution in [3.05, 3.63) is 256 Å². The predicted octanol–water partition coefficient (Wildman–Crippen LogP) is 15.6. The van der Waals surface area contributed by atoms with Crippen LogP contribution in [0.5, 0.6) is 23.0 Å². The van der Waals surface area contributed by atoms with Crippen molar-refractivity contribution in [2.24, 2.45) is 0 Å². The molecule has 4 aromatic carbocycles. The lowest BCUT2D eigenvalue weighted by molar-refractivity contribution is 0.204. The normalized spacial score (nSPS) is 14.6. The summed E-state index contributed by atoms with van der Waals surface area (Å²) < 4.78 is 37.7. The number of pyridine rings is 5. The molecule has 3 aliphatic rings. The van der Waals surface area contributed by atoms with E-state index in [9.17, 15) is 0 Å². The van der Waals surface area contributed by atoms with Gasteiger partial charge in [0.15, 0.2) is 0 Å². The lowest BCUT2D eigenvalue weighted by Crippen LogP contribution is -2.00. The van der Waals surface area contributed by atoms with E-state index >= 15 is 0 Å². The van der Waals surface area contributed by atoms with Gasteiger partial charge in [0.1, 0.15) is 72.2 Å². The van der Waals surface area contributed by atoms with Crippen LogP contribution in [0.3, 0.4) is 0 Å². The zero-order valence-corrected chi connectivity index (χ0v) is 58.4. The average molecular weight is 1360 g/mol. The average Bonchev–Trinajstić information content (AvgIpc) is 1.39. The largest absolute Gasteiger partial charge is 0.494 e. The van der Waals surface area contributed by atoms with Gasteiger partial charge in [0, 0.05) is 48.1 Å². The fourth-order valence-corrected chi connectivity index (χ4v) is 11.1. The van der Waals surface area contributed by atoms with Crippen LogP contribution < -0.4 is 18.9 Å². The molecule has 516 valence electrons. The Bertz CT molecular complexity index is 4750. The van der Waals surface area contributed by atoms with Crippen LogP contribution in [-0.2, 0) is 48.1 Å². The van der Waals surface area contributed by atoms with Crippen LogP contribution in [0.15, 0.2) is 194 Å². The predicted molar refractivity (Wildman–Crippen MR) is 404 cm³/mol. The zero-order chi connectivity index (χ0) is 70.2. The van der Waals surface area contributed by atoms with Crippen molar-refractivity contribution >= 4 is 0 Å². The van der Waals surface area contributed by atoms with Gasteiger partial charge in [-0.2, -0.15) is 0 Å². The number of fused-ring (bicyclic) bond motifs is 2. The van der Waals surface area contributed by atoms with Gasteiger partial charge >= 0.3 is 0 Å². The van der Waals surface area contributed by atoms with E-state index in [2.05, 4.69) is 154 Å². The Morgan fingerprint density at radius 3 is 1.18 bits per heavy atom. The summed E-state index contributed by atoms with van der Waals surface area (Å²) in [7, 11) is 0. The maximum Gasteiger partial charge on any atom is 0.120 e. The summed E-state index contributed by atoms with van der Waals surface area (Å²) in [5.74, 6) is 41.1. The molecule has 103 heavy (non-hydrogen) atoms. The second-order valence-corrected chi connectivity index (χ2v) is 24.5. The Balaban J connectivity index is 0.630. The van der Waals surface area contributed by atoms with Crippen LogP contribution in [-0.4, -0.2) is 92.8 Å². The van der Waals surface area contributed by atoms with E-state index in [0.717, 1.165) is 177 Å². The van der Waals surface area contributed by atoms with Crippen LogP contribution in [0, 0.1) is 71.0 Å². The Morgan fingerprint density at radius 1 is 0.301 bits per heavy atom. The fraction of sp³-hybridized carbons (Fsp3) is 0.292. The van der Waals surface area contributed by atoms with Crippen LogP contribution >= 0.6 is 0 Å². The van der Waals surface area contributed by atoms with E-state index in [0.29, 0.717) is 62.0 Å². The number of nitrogens with zero attached hydrogens (tertiary/aromatic N) is 8. The van der Waals surface area contributed by atoms with E-state index < -0.39 is 0 Å². The van der Waals surface area contributed by atoms with Gasteiger partial charge in [0.25, 0.3) is 0 Å². The summed E-state index contributed by atoms with van der Waals surface area (Å²) in [4.78, 5) is 24.1. The quantitative estimate of drug-likeness (QED) is 0.133. The van der Waals surface area contributed by atoms with Gasteiger partial charge < -0.3 is 28.4 Å². The summed E-state index contributed by atoms with van der Waals surface area (Å²) in [6.45, 7) is 4.17. The molecule has 10 aromatic rings. The lowest BCUT2D eigenvalue weighted by atomic mass is 10.0.